The number of benzene rings is 2. The number of Topliss-reactive ketones (excluding diaryl/α,β-unsaturated/α-hetero) is 1. The molecule has 0 bridgehead atoms. The van der Waals surface area contributed by atoms with Crippen molar-refractivity contribution in [3.05, 3.63) is 53.6 Å². The van der Waals surface area contributed by atoms with E-state index in [2.05, 4.69) is 6.07 Å². The van der Waals surface area contributed by atoms with Crippen molar-refractivity contribution in [1.29, 1.82) is 0 Å². The molecule has 0 heterocycles. The van der Waals surface area contributed by atoms with E-state index in [1.54, 1.807) is 21.3 Å². The van der Waals surface area contributed by atoms with Crippen LogP contribution in [-0.4, -0.2) is 39.4 Å². The van der Waals surface area contributed by atoms with Gasteiger partial charge in [-0.05, 0) is 54.2 Å². The van der Waals surface area contributed by atoms with Crippen molar-refractivity contribution in [2.45, 2.75) is 31.6 Å². The summed E-state index contributed by atoms with van der Waals surface area (Å²) >= 11 is 0. The van der Waals surface area contributed by atoms with Gasteiger partial charge in [-0.25, -0.2) is 0 Å². The molecular formula is C23H27NO4. The number of ketones is 1. The Hall–Kier alpha value is -2.82. The van der Waals surface area contributed by atoms with Gasteiger partial charge in [0.05, 0.1) is 21.3 Å². The van der Waals surface area contributed by atoms with E-state index in [0.717, 1.165) is 46.9 Å². The molecule has 1 aliphatic carbocycles. The third kappa shape index (κ3) is 4.91. The zero-order valence-corrected chi connectivity index (χ0v) is 16.7. The van der Waals surface area contributed by atoms with Crippen LogP contribution in [0.5, 0.6) is 17.2 Å². The number of hydrogen-bond acceptors (Lipinski definition) is 5. The minimum absolute atomic E-state index is 0.177. The Labute approximate surface area is 166 Å². The Morgan fingerprint density at radius 2 is 1.79 bits per heavy atom. The lowest BCUT2D eigenvalue weighted by Gasteiger charge is -2.23. The maximum absolute atomic E-state index is 12.3. The molecule has 0 unspecified atom stereocenters. The molecule has 1 atom stereocenters. The van der Waals surface area contributed by atoms with E-state index in [9.17, 15) is 4.79 Å². The van der Waals surface area contributed by atoms with Crippen LogP contribution in [0.25, 0.3) is 0 Å². The fourth-order valence-corrected chi connectivity index (χ4v) is 3.63. The number of nitrogens with zero attached hydrogens (tertiary/aromatic N) is 1. The molecule has 2 aromatic carbocycles. The summed E-state index contributed by atoms with van der Waals surface area (Å²) in [5.41, 5.74) is 3.26. The van der Waals surface area contributed by atoms with Crippen LogP contribution in [0.4, 0.5) is 0 Å². The quantitative estimate of drug-likeness (QED) is 0.720. The number of hydrogen-bond donors (Lipinski definition) is 0. The summed E-state index contributed by atoms with van der Waals surface area (Å²) in [4.78, 5) is 17.0. The molecule has 0 amide bonds. The monoisotopic (exact) mass is 381 g/mol. The fraction of sp³-hybridized carbons (Fsp3) is 0.391. The highest BCUT2D eigenvalue weighted by Crippen LogP contribution is 2.32. The van der Waals surface area contributed by atoms with Crippen LogP contribution in [0.15, 0.2) is 47.5 Å². The highest BCUT2D eigenvalue weighted by Gasteiger charge is 2.25. The number of carbonyl (C=O) groups is 1. The maximum Gasteiger partial charge on any atom is 0.160 e. The number of ether oxygens (including phenoxy) is 3. The zero-order chi connectivity index (χ0) is 19.9. The lowest BCUT2D eigenvalue weighted by Crippen LogP contribution is -2.22. The second kappa shape index (κ2) is 9.40. The molecule has 1 saturated carbocycles. The molecule has 28 heavy (non-hydrogen) atoms. The average molecular weight is 381 g/mol. The molecule has 148 valence electrons. The Kier molecular flexibility index (Phi) is 6.69. The molecule has 5 nitrogen and oxygen atoms in total. The van der Waals surface area contributed by atoms with Crippen LogP contribution in [0.3, 0.4) is 0 Å². The van der Waals surface area contributed by atoms with E-state index in [0.29, 0.717) is 19.4 Å². The summed E-state index contributed by atoms with van der Waals surface area (Å²) in [5, 5.41) is 0. The van der Waals surface area contributed by atoms with E-state index in [4.69, 9.17) is 19.2 Å². The summed E-state index contributed by atoms with van der Waals surface area (Å²) in [6.45, 7) is 0.656. The number of aliphatic imine (C=N–C) groups is 1. The normalized spacial score (nSPS) is 18.2. The van der Waals surface area contributed by atoms with E-state index in [1.165, 1.54) is 0 Å². The minimum Gasteiger partial charge on any atom is -0.497 e. The third-order valence-corrected chi connectivity index (χ3v) is 5.11. The molecule has 0 aromatic heterocycles. The molecule has 0 spiro atoms. The summed E-state index contributed by atoms with van der Waals surface area (Å²) in [5.74, 6) is 2.69. The van der Waals surface area contributed by atoms with Crippen molar-refractivity contribution in [3.8, 4) is 17.2 Å². The lowest BCUT2D eigenvalue weighted by atomic mass is 9.82. The zero-order valence-electron chi connectivity index (χ0n) is 16.7. The van der Waals surface area contributed by atoms with Gasteiger partial charge in [0.25, 0.3) is 0 Å². The van der Waals surface area contributed by atoms with E-state index >= 15 is 0 Å². The molecule has 0 saturated heterocycles. The minimum atomic E-state index is 0.177. The van der Waals surface area contributed by atoms with Gasteiger partial charge in [0, 0.05) is 25.1 Å². The molecule has 1 aliphatic rings. The van der Waals surface area contributed by atoms with Crippen LogP contribution in [0, 0.1) is 0 Å². The average Bonchev–Trinajstić information content (AvgIpc) is 2.73. The lowest BCUT2D eigenvalue weighted by molar-refractivity contribution is -0.118. The summed E-state index contributed by atoms with van der Waals surface area (Å²) in [7, 11) is 4.92. The van der Waals surface area contributed by atoms with Crippen LogP contribution >= 0.6 is 0 Å². The second-order valence-electron chi connectivity index (χ2n) is 6.98. The van der Waals surface area contributed by atoms with Crippen molar-refractivity contribution in [1.82, 2.24) is 0 Å². The highest BCUT2D eigenvalue weighted by molar-refractivity contribution is 6.05. The smallest absolute Gasteiger partial charge is 0.160 e. The van der Waals surface area contributed by atoms with Crippen LogP contribution in [0.1, 0.15) is 36.3 Å². The largest absolute Gasteiger partial charge is 0.497 e. The summed E-state index contributed by atoms with van der Waals surface area (Å²) < 4.78 is 15.9. The predicted octanol–water partition coefficient (Wildman–Crippen LogP) is 4.23. The molecular weight excluding hydrogens is 354 g/mol. The standard InChI is InChI=1S/C23H27NO4/c1-26-21-6-4-5-17(14-21)18-12-19(15-20(25)13-18)24-10-9-16-7-8-22(27-2)23(11-16)28-3/h4-8,11,14,18H,9-10,12-13,15H2,1-3H3/t18-/m1/s1. The van der Waals surface area contributed by atoms with Gasteiger partial charge >= 0.3 is 0 Å². The van der Waals surface area contributed by atoms with E-state index in [1.807, 2.05) is 36.4 Å². The number of rotatable bonds is 7. The van der Waals surface area contributed by atoms with Gasteiger partial charge in [-0.3, -0.25) is 9.79 Å². The summed E-state index contributed by atoms with van der Waals surface area (Å²) in [6.07, 6.45) is 2.65. The first-order valence-corrected chi connectivity index (χ1v) is 9.51. The molecule has 3 rings (SSSR count). The molecule has 0 aliphatic heterocycles. The topological polar surface area (TPSA) is 57.1 Å². The van der Waals surface area contributed by atoms with Gasteiger partial charge in [-0.15, -0.1) is 0 Å². The van der Waals surface area contributed by atoms with Crippen molar-refractivity contribution < 1.29 is 19.0 Å². The van der Waals surface area contributed by atoms with Crippen molar-refractivity contribution in [2.75, 3.05) is 27.9 Å². The fourth-order valence-electron chi connectivity index (χ4n) is 3.63. The van der Waals surface area contributed by atoms with Gasteiger partial charge in [0.2, 0.25) is 0 Å². The first kappa shape index (κ1) is 19.9. The Balaban J connectivity index is 1.65. The molecule has 5 heteroatoms. The first-order valence-electron chi connectivity index (χ1n) is 9.51. The second-order valence-corrected chi connectivity index (χ2v) is 6.98. The molecule has 0 N–H and O–H groups in total. The van der Waals surface area contributed by atoms with Crippen molar-refractivity contribution in [3.63, 3.8) is 0 Å². The van der Waals surface area contributed by atoms with E-state index < -0.39 is 0 Å². The van der Waals surface area contributed by atoms with Crippen molar-refractivity contribution >= 4 is 11.5 Å². The molecule has 2 aromatic rings. The van der Waals surface area contributed by atoms with Crippen LogP contribution < -0.4 is 14.2 Å². The van der Waals surface area contributed by atoms with Crippen molar-refractivity contribution in [2.24, 2.45) is 4.99 Å². The van der Waals surface area contributed by atoms with Gasteiger partial charge in [0.15, 0.2) is 11.5 Å². The summed E-state index contributed by atoms with van der Waals surface area (Å²) in [6, 6.07) is 13.9. The Bertz CT molecular complexity index is 859. The van der Waals surface area contributed by atoms with Gasteiger partial charge in [-0.1, -0.05) is 18.2 Å². The van der Waals surface area contributed by atoms with Gasteiger partial charge in [-0.2, -0.15) is 0 Å². The van der Waals surface area contributed by atoms with Crippen LogP contribution in [-0.2, 0) is 11.2 Å². The first-order chi connectivity index (χ1) is 13.6. The maximum atomic E-state index is 12.3. The molecule has 0 radical (unpaired) electrons. The van der Waals surface area contributed by atoms with Gasteiger partial charge in [0.1, 0.15) is 11.5 Å². The highest BCUT2D eigenvalue weighted by atomic mass is 16.5. The number of carbonyl (C=O) groups excluding carboxylic acids is 1. The van der Waals surface area contributed by atoms with Gasteiger partial charge < -0.3 is 14.2 Å². The van der Waals surface area contributed by atoms with Crippen LogP contribution in [0.2, 0.25) is 0 Å². The van der Waals surface area contributed by atoms with E-state index in [-0.39, 0.29) is 11.7 Å². The Morgan fingerprint density at radius 1 is 0.964 bits per heavy atom. The molecule has 1 fully saturated rings. The SMILES string of the molecule is COc1cccc([C@H]2CC(=O)CC(=NCCc3ccc(OC)c(OC)c3)C2)c1. The predicted molar refractivity (Wildman–Crippen MR) is 110 cm³/mol. The number of methoxy groups -OCH3 is 3. The third-order valence-electron chi connectivity index (χ3n) is 5.11. The Morgan fingerprint density at radius 3 is 2.54 bits per heavy atom.